The van der Waals surface area contributed by atoms with Gasteiger partial charge in [0.05, 0.1) is 11.2 Å². The van der Waals surface area contributed by atoms with E-state index >= 15 is 0 Å². The summed E-state index contributed by atoms with van der Waals surface area (Å²) in [5.41, 5.74) is 0.356. The van der Waals surface area contributed by atoms with Crippen molar-refractivity contribution in [2.24, 2.45) is 0 Å². The molecule has 7 heteroatoms. The molecule has 3 rings (SSSR count). The highest BCUT2D eigenvalue weighted by Crippen LogP contribution is 2.30. The number of aromatic nitrogens is 2. The lowest BCUT2D eigenvalue weighted by Gasteiger charge is -2.28. The summed E-state index contributed by atoms with van der Waals surface area (Å²) in [5, 5.41) is 3.75. The van der Waals surface area contributed by atoms with Crippen LogP contribution in [0, 0.1) is 0 Å². The third kappa shape index (κ3) is 3.21. The van der Waals surface area contributed by atoms with E-state index in [1.54, 1.807) is 6.20 Å². The molecule has 0 saturated carbocycles. The van der Waals surface area contributed by atoms with E-state index in [4.69, 9.17) is 11.6 Å². The van der Waals surface area contributed by atoms with Gasteiger partial charge >= 0.3 is 0 Å². The zero-order chi connectivity index (χ0) is 15.0. The van der Waals surface area contributed by atoms with Crippen molar-refractivity contribution in [1.29, 1.82) is 0 Å². The van der Waals surface area contributed by atoms with E-state index in [9.17, 15) is 4.79 Å². The Morgan fingerprint density at radius 2 is 2.09 bits per heavy atom. The summed E-state index contributed by atoms with van der Waals surface area (Å²) in [7, 11) is 0. The van der Waals surface area contributed by atoms with Gasteiger partial charge < -0.3 is 10.2 Å². The molecule has 2 aliphatic heterocycles. The lowest BCUT2D eigenvalue weighted by Crippen LogP contribution is -2.43. The van der Waals surface area contributed by atoms with Crippen molar-refractivity contribution in [1.82, 2.24) is 20.2 Å². The normalized spacial score (nSPS) is 24.1. The number of rotatable bonds is 2. The topological polar surface area (TPSA) is 58.1 Å². The van der Waals surface area contributed by atoms with Crippen LogP contribution in [0.4, 0.5) is 0 Å². The molecule has 2 bridgehead atoms. The SMILES string of the molecule is CC(C)c1ncc(Cl)c(C(=O)N2C3CCNCC2CC3)n1.Cl. The summed E-state index contributed by atoms with van der Waals surface area (Å²) >= 11 is 6.18. The first-order valence-electron chi connectivity index (χ1n) is 7.63. The molecule has 2 aliphatic rings. The maximum atomic E-state index is 12.9. The van der Waals surface area contributed by atoms with Crippen molar-refractivity contribution in [3.05, 3.63) is 22.7 Å². The van der Waals surface area contributed by atoms with Crippen molar-refractivity contribution >= 4 is 29.9 Å². The van der Waals surface area contributed by atoms with Crippen LogP contribution in [0.3, 0.4) is 0 Å². The molecule has 0 spiro atoms. The second kappa shape index (κ2) is 7.11. The number of hydrogen-bond donors (Lipinski definition) is 1. The van der Waals surface area contributed by atoms with Crippen molar-refractivity contribution in [3.63, 3.8) is 0 Å². The van der Waals surface area contributed by atoms with Gasteiger partial charge in [-0.15, -0.1) is 12.4 Å². The number of hydrogen-bond acceptors (Lipinski definition) is 4. The van der Waals surface area contributed by atoms with E-state index in [0.717, 1.165) is 32.4 Å². The van der Waals surface area contributed by atoms with Crippen molar-refractivity contribution in [2.75, 3.05) is 13.1 Å². The molecule has 3 heterocycles. The number of nitrogens with zero attached hydrogens (tertiary/aromatic N) is 3. The average molecular weight is 345 g/mol. The second-order valence-electron chi connectivity index (χ2n) is 6.17. The van der Waals surface area contributed by atoms with Gasteiger partial charge in [-0.25, -0.2) is 9.97 Å². The van der Waals surface area contributed by atoms with Gasteiger partial charge in [0.2, 0.25) is 0 Å². The summed E-state index contributed by atoms with van der Waals surface area (Å²) in [6.45, 7) is 5.86. The van der Waals surface area contributed by atoms with E-state index in [2.05, 4.69) is 15.3 Å². The standard InChI is InChI=1S/C15H21ClN4O.ClH/c1-9(2)14-18-8-12(16)13(19-14)15(21)20-10-3-4-11(20)7-17-6-5-10;/h8-11,17H,3-7H2,1-2H3;1H. The van der Waals surface area contributed by atoms with Gasteiger partial charge in [0.25, 0.3) is 5.91 Å². The van der Waals surface area contributed by atoms with Crippen LogP contribution in [-0.2, 0) is 0 Å². The molecule has 2 fully saturated rings. The van der Waals surface area contributed by atoms with Crippen LogP contribution in [0.15, 0.2) is 6.20 Å². The highest BCUT2D eigenvalue weighted by atomic mass is 35.5. The molecule has 0 radical (unpaired) electrons. The molecule has 5 nitrogen and oxygen atoms in total. The largest absolute Gasteiger partial charge is 0.330 e. The third-order valence-corrected chi connectivity index (χ3v) is 4.65. The fourth-order valence-corrected chi connectivity index (χ4v) is 3.42. The van der Waals surface area contributed by atoms with Gasteiger partial charge in [-0.3, -0.25) is 4.79 Å². The van der Waals surface area contributed by atoms with Crippen LogP contribution in [0.25, 0.3) is 0 Å². The summed E-state index contributed by atoms with van der Waals surface area (Å²) < 4.78 is 0. The minimum atomic E-state index is -0.0412. The Kier molecular flexibility index (Phi) is 5.64. The minimum Gasteiger partial charge on any atom is -0.330 e. The molecular weight excluding hydrogens is 323 g/mol. The van der Waals surface area contributed by atoms with Gasteiger partial charge in [-0.1, -0.05) is 25.4 Å². The number of nitrogens with one attached hydrogen (secondary N) is 1. The highest BCUT2D eigenvalue weighted by Gasteiger charge is 2.39. The molecule has 0 aromatic carbocycles. The predicted octanol–water partition coefficient (Wildman–Crippen LogP) is 2.64. The van der Waals surface area contributed by atoms with Crippen LogP contribution in [0.5, 0.6) is 0 Å². The maximum absolute atomic E-state index is 12.9. The first-order chi connectivity index (χ1) is 10.1. The summed E-state index contributed by atoms with van der Waals surface area (Å²) in [6.07, 6.45) is 4.69. The molecule has 1 amide bonds. The fraction of sp³-hybridized carbons (Fsp3) is 0.667. The molecule has 2 unspecified atom stereocenters. The van der Waals surface area contributed by atoms with Crippen molar-refractivity contribution in [3.8, 4) is 0 Å². The van der Waals surface area contributed by atoms with Crippen LogP contribution in [0.2, 0.25) is 5.02 Å². The highest BCUT2D eigenvalue weighted by molar-refractivity contribution is 6.33. The smallest absolute Gasteiger partial charge is 0.274 e. The predicted molar refractivity (Wildman–Crippen MR) is 88.8 cm³/mol. The molecule has 122 valence electrons. The minimum absolute atomic E-state index is 0. The van der Waals surface area contributed by atoms with E-state index in [1.807, 2.05) is 18.7 Å². The van der Waals surface area contributed by atoms with Crippen LogP contribution in [0.1, 0.15) is 55.3 Å². The van der Waals surface area contributed by atoms with Crippen LogP contribution in [-0.4, -0.2) is 45.9 Å². The molecule has 0 aliphatic carbocycles. The first-order valence-corrected chi connectivity index (χ1v) is 8.01. The maximum Gasteiger partial charge on any atom is 0.274 e. The van der Waals surface area contributed by atoms with E-state index in [-0.39, 0.29) is 30.3 Å². The second-order valence-corrected chi connectivity index (χ2v) is 6.58. The zero-order valence-electron chi connectivity index (χ0n) is 12.9. The van der Waals surface area contributed by atoms with Gasteiger partial charge in [-0.05, 0) is 25.8 Å². The Labute approximate surface area is 142 Å². The van der Waals surface area contributed by atoms with Crippen molar-refractivity contribution < 1.29 is 4.79 Å². The number of halogens is 2. The molecule has 1 N–H and O–H groups in total. The lowest BCUT2D eigenvalue weighted by atomic mass is 10.1. The third-order valence-electron chi connectivity index (χ3n) is 4.37. The summed E-state index contributed by atoms with van der Waals surface area (Å²) in [4.78, 5) is 23.6. The summed E-state index contributed by atoms with van der Waals surface area (Å²) in [5.74, 6) is 0.805. The molecule has 22 heavy (non-hydrogen) atoms. The van der Waals surface area contributed by atoms with Crippen molar-refractivity contribution in [2.45, 2.75) is 51.1 Å². The van der Waals surface area contributed by atoms with Crippen LogP contribution >= 0.6 is 24.0 Å². The first kappa shape index (κ1) is 17.4. The molecule has 2 saturated heterocycles. The zero-order valence-corrected chi connectivity index (χ0v) is 14.5. The Morgan fingerprint density at radius 1 is 1.36 bits per heavy atom. The Morgan fingerprint density at radius 3 is 2.82 bits per heavy atom. The van der Waals surface area contributed by atoms with Gasteiger partial charge in [-0.2, -0.15) is 0 Å². The summed E-state index contributed by atoms with van der Waals surface area (Å²) in [6, 6.07) is 0.574. The number of carbonyl (C=O) groups is 1. The van der Waals surface area contributed by atoms with E-state index in [1.165, 1.54) is 0 Å². The Hall–Kier alpha value is -0.910. The molecule has 1 aromatic heterocycles. The number of fused-ring (bicyclic) bond motifs is 2. The van der Waals surface area contributed by atoms with E-state index in [0.29, 0.717) is 22.6 Å². The number of amides is 1. The van der Waals surface area contributed by atoms with E-state index < -0.39 is 0 Å². The molecule has 1 aromatic rings. The molecular formula is C15H22Cl2N4O. The van der Waals surface area contributed by atoms with Gasteiger partial charge in [0.15, 0.2) is 5.69 Å². The lowest BCUT2D eigenvalue weighted by molar-refractivity contribution is 0.0673. The fourth-order valence-electron chi connectivity index (χ4n) is 3.25. The van der Waals surface area contributed by atoms with Gasteiger partial charge in [0, 0.05) is 24.5 Å². The molecule has 2 atom stereocenters. The monoisotopic (exact) mass is 344 g/mol. The van der Waals surface area contributed by atoms with Crippen LogP contribution < -0.4 is 5.32 Å². The Balaban J connectivity index is 0.00000176. The average Bonchev–Trinajstić information content (AvgIpc) is 2.71. The number of carbonyl (C=O) groups excluding carboxylic acids is 1. The van der Waals surface area contributed by atoms with Gasteiger partial charge in [0.1, 0.15) is 5.82 Å². The quantitative estimate of drug-likeness (QED) is 0.895. The Bertz CT molecular complexity index is 538.